The Morgan fingerprint density at radius 2 is 1.36 bits per heavy atom. The second-order valence-electron chi connectivity index (χ2n) is 7.37. The topological polar surface area (TPSA) is 9.23 Å². The summed E-state index contributed by atoms with van der Waals surface area (Å²) in [6.07, 6.45) is 5.86. The van der Waals surface area contributed by atoms with E-state index < -0.39 is 0 Å². The summed E-state index contributed by atoms with van der Waals surface area (Å²) < 4.78 is 5.43. The van der Waals surface area contributed by atoms with Gasteiger partial charge in [-0.1, -0.05) is 98.1 Å². The summed E-state index contributed by atoms with van der Waals surface area (Å²) in [5.74, 6) is 2.77. The number of hydrogen-bond donors (Lipinski definition) is 0. The molecule has 1 nitrogen and oxygen atoms in total. The number of benzene rings is 1. The largest absolute Gasteiger partial charge is 0.374 e. The lowest BCUT2D eigenvalue weighted by atomic mass is 9.84. The smallest absolute Gasteiger partial charge is 0.0720 e. The van der Waals surface area contributed by atoms with Gasteiger partial charge in [0, 0.05) is 0 Å². The third-order valence-electron chi connectivity index (χ3n) is 4.51. The molecule has 1 aromatic carbocycles. The van der Waals surface area contributed by atoms with Crippen LogP contribution in [0.1, 0.15) is 93.6 Å². The standard InChI is InChI=1S/C12H26.C10H14O.C2H6/c1-6-11(5)12(7-2)9-8-10(3)4;1-9(2)11-8-10-6-4-3-5-7-10;1-2/h10-12H,6-9H2,1-5H3;3-7,9H,8H2,1-2H3;1-2H3. The van der Waals surface area contributed by atoms with Crippen LogP contribution in [0.3, 0.4) is 0 Å². The average Bonchev–Trinajstić information content (AvgIpc) is 2.63. The number of rotatable bonds is 9. The fraction of sp³-hybridized carbons (Fsp3) is 0.750. The van der Waals surface area contributed by atoms with E-state index in [1.165, 1.54) is 31.2 Å². The van der Waals surface area contributed by atoms with Crippen LogP contribution in [0.4, 0.5) is 0 Å². The van der Waals surface area contributed by atoms with Gasteiger partial charge in [0.15, 0.2) is 0 Å². The monoisotopic (exact) mass is 350 g/mol. The van der Waals surface area contributed by atoms with Gasteiger partial charge in [0.25, 0.3) is 0 Å². The molecule has 0 saturated carbocycles. The minimum Gasteiger partial charge on any atom is -0.374 e. The third-order valence-corrected chi connectivity index (χ3v) is 4.51. The maximum absolute atomic E-state index is 5.43. The normalized spacial score (nSPS) is 12.8. The van der Waals surface area contributed by atoms with E-state index in [1.807, 2.05) is 45.9 Å². The lowest BCUT2D eigenvalue weighted by Gasteiger charge is -2.22. The fourth-order valence-electron chi connectivity index (χ4n) is 2.61. The summed E-state index contributed by atoms with van der Waals surface area (Å²) in [6, 6.07) is 10.2. The molecule has 1 heteroatoms. The fourth-order valence-corrected chi connectivity index (χ4v) is 2.61. The van der Waals surface area contributed by atoms with Crippen LogP contribution < -0.4 is 0 Å². The minimum absolute atomic E-state index is 0.315. The Morgan fingerprint density at radius 3 is 1.76 bits per heavy atom. The maximum atomic E-state index is 5.43. The molecule has 0 heterocycles. The summed E-state index contributed by atoms with van der Waals surface area (Å²) in [5, 5.41) is 0. The van der Waals surface area contributed by atoms with Crippen molar-refractivity contribution in [3.05, 3.63) is 35.9 Å². The Morgan fingerprint density at radius 1 is 0.800 bits per heavy atom. The average molecular weight is 351 g/mol. The van der Waals surface area contributed by atoms with Crippen LogP contribution in [0, 0.1) is 17.8 Å². The van der Waals surface area contributed by atoms with Crippen LogP contribution in [0.25, 0.3) is 0 Å². The van der Waals surface area contributed by atoms with Crippen LogP contribution in [-0.4, -0.2) is 6.10 Å². The first-order valence-electron chi connectivity index (χ1n) is 10.6. The molecule has 0 saturated heterocycles. The van der Waals surface area contributed by atoms with E-state index in [0.717, 1.165) is 24.4 Å². The molecule has 0 bridgehead atoms. The molecule has 0 spiro atoms. The summed E-state index contributed by atoms with van der Waals surface area (Å²) in [7, 11) is 0. The van der Waals surface area contributed by atoms with Gasteiger partial charge in [-0.15, -0.1) is 0 Å². The first-order chi connectivity index (χ1) is 11.9. The maximum Gasteiger partial charge on any atom is 0.0720 e. The first kappa shape index (κ1) is 26.4. The summed E-state index contributed by atoms with van der Waals surface area (Å²) in [4.78, 5) is 0. The van der Waals surface area contributed by atoms with Crippen LogP contribution >= 0.6 is 0 Å². The van der Waals surface area contributed by atoms with Gasteiger partial charge in [-0.25, -0.2) is 0 Å². The zero-order valence-electron chi connectivity index (χ0n) is 18.6. The second-order valence-corrected chi connectivity index (χ2v) is 7.37. The van der Waals surface area contributed by atoms with Gasteiger partial charge < -0.3 is 4.74 Å². The predicted molar refractivity (Wildman–Crippen MR) is 115 cm³/mol. The molecule has 0 fully saturated rings. The Labute approximate surface area is 159 Å². The van der Waals surface area contributed by atoms with Crippen molar-refractivity contribution < 1.29 is 4.74 Å². The molecule has 0 radical (unpaired) electrons. The lowest BCUT2D eigenvalue weighted by molar-refractivity contribution is 0.0657. The predicted octanol–water partition coefficient (Wildman–Crippen LogP) is 8.13. The van der Waals surface area contributed by atoms with Crippen molar-refractivity contribution in [3.63, 3.8) is 0 Å². The van der Waals surface area contributed by atoms with Crippen LogP contribution in [0.5, 0.6) is 0 Å². The molecule has 1 aromatic rings. The molecule has 0 amide bonds. The first-order valence-corrected chi connectivity index (χ1v) is 10.6. The lowest BCUT2D eigenvalue weighted by Crippen LogP contribution is -2.10. The van der Waals surface area contributed by atoms with Crippen molar-refractivity contribution >= 4 is 0 Å². The Bertz CT molecular complexity index is 356. The second kappa shape index (κ2) is 18.0. The van der Waals surface area contributed by atoms with Crippen molar-refractivity contribution in [2.24, 2.45) is 17.8 Å². The van der Waals surface area contributed by atoms with Gasteiger partial charge in [-0.05, 0) is 43.6 Å². The molecule has 25 heavy (non-hydrogen) atoms. The van der Waals surface area contributed by atoms with E-state index in [1.54, 1.807) is 0 Å². The van der Waals surface area contributed by atoms with Crippen LogP contribution in [-0.2, 0) is 11.3 Å². The summed E-state index contributed by atoms with van der Waals surface area (Å²) in [5.41, 5.74) is 1.24. The van der Waals surface area contributed by atoms with Crippen molar-refractivity contribution in [1.82, 2.24) is 0 Å². The highest BCUT2D eigenvalue weighted by molar-refractivity contribution is 5.13. The van der Waals surface area contributed by atoms with Crippen molar-refractivity contribution in [3.8, 4) is 0 Å². The van der Waals surface area contributed by atoms with Gasteiger partial charge in [0.2, 0.25) is 0 Å². The molecule has 0 aromatic heterocycles. The van der Waals surface area contributed by atoms with Gasteiger partial charge in [0.1, 0.15) is 0 Å². The molecule has 2 unspecified atom stereocenters. The number of hydrogen-bond acceptors (Lipinski definition) is 1. The highest BCUT2D eigenvalue weighted by Crippen LogP contribution is 2.25. The summed E-state index contributed by atoms with van der Waals surface area (Å²) >= 11 is 0. The molecule has 1 rings (SSSR count). The molecular weight excluding hydrogens is 304 g/mol. The van der Waals surface area contributed by atoms with Gasteiger partial charge in [0.05, 0.1) is 12.7 Å². The van der Waals surface area contributed by atoms with E-state index in [4.69, 9.17) is 4.74 Å². The van der Waals surface area contributed by atoms with E-state index in [-0.39, 0.29) is 0 Å². The molecule has 0 N–H and O–H groups in total. The van der Waals surface area contributed by atoms with Gasteiger partial charge >= 0.3 is 0 Å². The molecule has 0 aliphatic heterocycles. The Kier molecular flexibility index (Phi) is 19.0. The molecule has 148 valence electrons. The highest BCUT2D eigenvalue weighted by Gasteiger charge is 2.13. The van der Waals surface area contributed by atoms with E-state index in [2.05, 4.69) is 46.8 Å². The zero-order valence-corrected chi connectivity index (χ0v) is 18.6. The molecular formula is C24H46O. The molecule has 2 atom stereocenters. The van der Waals surface area contributed by atoms with E-state index >= 15 is 0 Å². The highest BCUT2D eigenvalue weighted by atomic mass is 16.5. The van der Waals surface area contributed by atoms with Gasteiger partial charge in [-0.3, -0.25) is 0 Å². The van der Waals surface area contributed by atoms with E-state index in [0.29, 0.717) is 6.10 Å². The van der Waals surface area contributed by atoms with Crippen molar-refractivity contribution in [2.75, 3.05) is 0 Å². The quantitative estimate of drug-likeness (QED) is 0.436. The molecule has 0 aliphatic carbocycles. The Balaban J connectivity index is 0. The van der Waals surface area contributed by atoms with E-state index in [9.17, 15) is 0 Å². The zero-order chi connectivity index (χ0) is 19.7. The minimum atomic E-state index is 0.315. The van der Waals surface area contributed by atoms with Crippen LogP contribution in [0.2, 0.25) is 0 Å². The summed E-state index contributed by atoms with van der Waals surface area (Å²) in [6.45, 7) is 20.5. The van der Waals surface area contributed by atoms with Crippen molar-refractivity contribution in [1.29, 1.82) is 0 Å². The Hall–Kier alpha value is -0.820. The van der Waals surface area contributed by atoms with Crippen LogP contribution in [0.15, 0.2) is 30.3 Å². The number of ether oxygens (including phenoxy) is 1. The SMILES string of the molecule is CC.CC(C)OCc1ccccc1.CCC(C)C(CC)CCC(C)C. The van der Waals surface area contributed by atoms with Gasteiger partial charge in [-0.2, -0.15) is 0 Å². The van der Waals surface area contributed by atoms with Crippen molar-refractivity contribution in [2.45, 2.75) is 101 Å². The molecule has 0 aliphatic rings. The third kappa shape index (κ3) is 16.4.